The van der Waals surface area contributed by atoms with Crippen molar-refractivity contribution in [2.24, 2.45) is 0 Å². The number of carbonyl (C=O) groups is 3. The Kier molecular flexibility index (Phi) is 69.1. The van der Waals surface area contributed by atoms with Gasteiger partial charge in [-0.1, -0.05) is 370 Å². The predicted octanol–water partition coefficient (Wildman–Crippen LogP) is 25.5. The fourth-order valence-corrected chi connectivity index (χ4v) is 11.1. The van der Waals surface area contributed by atoms with E-state index < -0.39 is 6.10 Å². The first-order valence-electron chi connectivity index (χ1n) is 36.8. The normalized spacial score (nSPS) is 12.4. The molecule has 83 heavy (non-hydrogen) atoms. The van der Waals surface area contributed by atoms with Gasteiger partial charge in [-0.15, -0.1) is 0 Å². The molecule has 0 saturated heterocycles. The van der Waals surface area contributed by atoms with Gasteiger partial charge in [-0.25, -0.2) is 0 Å². The molecule has 6 nitrogen and oxygen atoms in total. The largest absolute Gasteiger partial charge is 0.462 e. The molecule has 0 aliphatic heterocycles. The standard InChI is InChI=1S/C77H140O6/c1-4-7-10-13-16-19-22-25-28-30-32-34-36-38-39-40-42-43-45-47-49-52-55-58-61-64-67-70-76(79)82-73-74(72-81-75(78)69-66-63-60-57-54-51-27-24-21-18-15-12-9-6-3)83-77(80)71-68-65-62-59-56-53-50-48-46-44-41-37-35-33-31-29-26-23-20-17-14-11-8-5-2/h7,10,16,19,25,28,32,34,38-39,74H,4-6,8-9,11-15,17-18,20-24,26-27,29-31,33,35-37,40-73H2,1-3H3/b10-7-,19-16-,28-25-,34-32-,39-38-. The first-order chi connectivity index (χ1) is 41.0. The van der Waals surface area contributed by atoms with E-state index in [9.17, 15) is 14.4 Å². The molecule has 0 aromatic rings. The van der Waals surface area contributed by atoms with Crippen LogP contribution in [0.4, 0.5) is 0 Å². The van der Waals surface area contributed by atoms with Crippen LogP contribution < -0.4 is 0 Å². The molecule has 0 bridgehead atoms. The molecular formula is C77H140O6. The number of esters is 3. The van der Waals surface area contributed by atoms with Gasteiger partial charge in [-0.3, -0.25) is 14.4 Å². The lowest BCUT2D eigenvalue weighted by atomic mass is 10.0. The lowest BCUT2D eigenvalue weighted by molar-refractivity contribution is -0.167. The lowest BCUT2D eigenvalue weighted by Gasteiger charge is -2.18. The van der Waals surface area contributed by atoms with Gasteiger partial charge < -0.3 is 14.2 Å². The summed E-state index contributed by atoms with van der Waals surface area (Å²) < 4.78 is 17.0. The van der Waals surface area contributed by atoms with Gasteiger partial charge in [0.15, 0.2) is 6.10 Å². The molecule has 0 radical (unpaired) electrons. The van der Waals surface area contributed by atoms with E-state index in [-0.39, 0.29) is 31.1 Å². The van der Waals surface area contributed by atoms with Crippen LogP contribution in [-0.4, -0.2) is 37.2 Å². The van der Waals surface area contributed by atoms with Gasteiger partial charge in [0.05, 0.1) is 0 Å². The summed E-state index contributed by atoms with van der Waals surface area (Å²) in [6.07, 6.45) is 92.6. The van der Waals surface area contributed by atoms with Crippen molar-refractivity contribution in [2.45, 2.75) is 399 Å². The zero-order valence-electron chi connectivity index (χ0n) is 55.7. The van der Waals surface area contributed by atoms with Crippen LogP contribution in [0.25, 0.3) is 0 Å². The zero-order valence-corrected chi connectivity index (χ0v) is 55.7. The third-order valence-corrected chi connectivity index (χ3v) is 16.5. The Morgan fingerprint density at radius 1 is 0.253 bits per heavy atom. The summed E-state index contributed by atoms with van der Waals surface area (Å²) in [7, 11) is 0. The third-order valence-electron chi connectivity index (χ3n) is 16.5. The molecule has 6 heteroatoms. The summed E-state index contributed by atoms with van der Waals surface area (Å²) in [5.41, 5.74) is 0. The SMILES string of the molecule is CC/C=C\C/C=C\C/C=C\C/C=C\C/C=C\CCCCCCCCCCCCCC(=O)OCC(COC(=O)CCCCCCCCCCCCCCCC)OC(=O)CCCCCCCCCCCCCCCCCCCCCCCCCC. The molecule has 0 aromatic heterocycles. The second kappa shape index (κ2) is 71.6. The Labute approximate surface area is 517 Å². The van der Waals surface area contributed by atoms with Crippen LogP contribution in [-0.2, 0) is 28.6 Å². The molecule has 0 N–H and O–H groups in total. The highest BCUT2D eigenvalue weighted by Gasteiger charge is 2.19. The van der Waals surface area contributed by atoms with Crippen molar-refractivity contribution in [1.82, 2.24) is 0 Å². The molecule has 0 spiro atoms. The smallest absolute Gasteiger partial charge is 0.306 e. The van der Waals surface area contributed by atoms with Crippen molar-refractivity contribution in [2.75, 3.05) is 13.2 Å². The van der Waals surface area contributed by atoms with E-state index in [0.717, 1.165) is 89.9 Å². The fourth-order valence-electron chi connectivity index (χ4n) is 11.1. The van der Waals surface area contributed by atoms with Gasteiger partial charge in [0.2, 0.25) is 0 Å². The number of ether oxygens (including phenoxy) is 3. The van der Waals surface area contributed by atoms with Crippen LogP contribution in [0.15, 0.2) is 60.8 Å². The van der Waals surface area contributed by atoms with Crippen molar-refractivity contribution in [1.29, 1.82) is 0 Å². The second-order valence-corrected chi connectivity index (χ2v) is 24.8. The molecule has 0 saturated carbocycles. The predicted molar refractivity (Wildman–Crippen MR) is 362 cm³/mol. The van der Waals surface area contributed by atoms with Crippen LogP contribution in [0.1, 0.15) is 393 Å². The van der Waals surface area contributed by atoms with E-state index in [1.807, 2.05) is 0 Å². The van der Waals surface area contributed by atoms with Gasteiger partial charge in [0.25, 0.3) is 0 Å². The third kappa shape index (κ3) is 69.8. The summed E-state index contributed by atoms with van der Waals surface area (Å²) in [5, 5.41) is 0. The van der Waals surface area contributed by atoms with E-state index >= 15 is 0 Å². The minimum absolute atomic E-state index is 0.0685. The van der Waals surface area contributed by atoms with Crippen molar-refractivity contribution >= 4 is 17.9 Å². The molecule has 0 heterocycles. The van der Waals surface area contributed by atoms with Gasteiger partial charge in [-0.05, 0) is 64.2 Å². The van der Waals surface area contributed by atoms with Crippen LogP contribution in [0.2, 0.25) is 0 Å². The van der Waals surface area contributed by atoms with E-state index in [1.165, 1.54) is 263 Å². The van der Waals surface area contributed by atoms with Crippen molar-refractivity contribution in [3.63, 3.8) is 0 Å². The molecule has 0 rings (SSSR count). The van der Waals surface area contributed by atoms with Gasteiger partial charge >= 0.3 is 17.9 Å². The molecule has 0 aliphatic carbocycles. The summed E-state index contributed by atoms with van der Waals surface area (Å²) in [6.45, 7) is 6.60. The highest BCUT2D eigenvalue weighted by atomic mass is 16.6. The molecule has 1 unspecified atom stereocenters. The fraction of sp³-hybridized carbons (Fsp3) is 0.831. The Bertz CT molecular complexity index is 1470. The highest BCUT2D eigenvalue weighted by molar-refractivity contribution is 5.71. The van der Waals surface area contributed by atoms with Crippen LogP contribution >= 0.6 is 0 Å². The van der Waals surface area contributed by atoms with Gasteiger partial charge in [0, 0.05) is 19.3 Å². The molecule has 1 atom stereocenters. The minimum atomic E-state index is -0.773. The summed E-state index contributed by atoms with van der Waals surface area (Å²) in [6, 6.07) is 0. The minimum Gasteiger partial charge on any atom is -0.462 e. The Morgan fingerprint density at radius 3 is 0.735 bits per heavy atom. The molecular weight excluding hydrogens is 1020 g/mol. The molecule has 0 amide bonds. The topological polar surface area (TPSA) is 78.9 Å². The molecule has 484 valence electrons. The Balaban J connectivity index is 4.25. The van der Waals surface area contributed by atoms with Crippen LogP contribution in [0.3, 0.4) is 0 Å². The highest BCUT2D eigenvalue weighted by Crippen LogP contribution is 2.19. The van der Waals surface area contributed by atoms with Gasteiger partial charge in [0.1, 0.15) is 13.2 Å². The number of carbonyl (C=O) groups excluding carboxylic acids is 3. The van der Waals surface area contributed by atoms with Crippen molar-refractivity contribution < 1.29 is 28.6 Å². The van der Waals surface area contributed by atoms with E-state index in [0.29, 0.717) is 19.3 Å². The summed E-state index contributed by atoms with van der Waals surface area (Å²) in [5.74, 6) is -0.842. The lowest BCUT2D eigenvalue weighted by Crippen LogP contribution is -2.30. The van der Waals surface area contributed by atoms with Crippen molar-refractivity contribution in [3.8, 4) is 0 Å². The number of rotatable bonds is 68. The Morgan fingerprint density at radius 2 is 0.470 bits per heavy atom. The van der Waals surface area contributed by atoms with E-state index in [2.05, 4.69) is 81.5 Å². The van der Waals surface area contributed by atoms with Crippen LogP contribution in [0, 0.1) is 0 Å². The first kappa shape index (κ1) is 80.1. The zero-order chi connectivity index (χ0) is 59.9. The van der Waals surface area contributed by atoms with E-state index in [4.69, 9.17) is 14.2 Å². The average Bonchev–Trinajstić information content (AvgIpc) is 3.50. The quantitative estimate of drug-likeness (QED) is 0.0261. The maximum Gasteiger partial charge on any atom is 0.306 e. The van der Waals surface area contributed by atoms with Crippen LogP contribution in [0.5, 0.6) is 0 Å². The molecule has 0 aromatic carbocycles. The van der Waals surface area contributed by atoms with Crippen molar-refractivity contribution in [3.05, 3.63) is 60.8 Å². The monoisotopic (exact) mass is 1160 g/mol. The first-order valence-corrected chi connectivity index (χ1v) is 36.8. The number of unbranched alkanes of at least 4 members (excludes halogenated alkanes) is 47. The maximum absolute atomic E-state index is 13.0. The average molecular weight is 1160 g/mol. The van der Waals surface area contributed by atoms with E-state index in [1.54, 1.807) is 0 Å². The molecule has 0 aliphatic rings. The second-order valence-electron chi connectivity index (χ2n) is 24.8. The number of hydrogen-bond donors (Lipinski definition) is 0. The Hall–Kier alpha value is -2.89. The molecule has 0 fully saturated rings. The summed E-state index contributed by atoms with van der Waals surface area (Å²) in [4.78, 5) is 38.5. The maximum atomic E-state index is 13.0. The number of hydrogen-bond acceptors (Lipinski definition) is 6. The number of allylic oxidation sites excluding steroid dienone is 10. The summed E-state index contributed by atoms with van der Waals surface area (Å²) >= 11 is 0. The van der Waals surface area contributed by atoms with Gasteiger partial charge in [-0.2, -0.15) is 0 Å².